The molecule has 1 aromatic rings. The second-order valence-electron chi connectivity index (χ2n) is 3.53. The first-order valence-electron chi connectivity index (χ1n) is 5.58. The quantitative estimate of drug-likeness (QED) is 0.773. The van der Waals surface area contributed by atoms with E-state index in [-0.39, 0.29) is 6.47 Å². The van der Waals surface area contributed by atoms with Crippen molar-refractivity contribution < 1.29 is 15.0 Å². The van der Waals surface area contributed by atoms with Gasteiger partial charge in [0.25, 0.3) is 6.47 Å². The van der Waals surface area contributed by atoms with E-state index in [2.05, 4.69) is 13.8 Å². The van der Waals surface area contributed by atoms with Crippen LogP contribution in [0.15, 0.2) is 18.2 Å². The molecule has 0 aliphatic carbocycles. The van der Waals surface area contributed by atoms with Crippen molar-refractivity contribution in [3.8, 4) is 5.75 Å². The summed E-state index contributed by atoms with van der Waals surface area (Å²) in [6.45, 7) is 4.01. The molecule has 0 saturated carbocycles. The van der Waals surface area contributed by atoms with Gasteiger partial charge in [0.1, 0.15) is 5.75 Å². The molecule has 0 aliphatic heterocycles. The lowest BCUT2D eigenvalue weighted by Gasteiger charge is -2.07. The Morgan fingerprint density at radius 1 is 1.12 bits per heavy atom. The van der Waals surface area contributed by atoms with Gasteiger partial charge in [-0.1, -0.05) is 44.9 Å². The summed E-state index contributed by atoms with van der Waals surface area (Å²) in [6, 6.07) is 6.06. The number of hydrogen-bond acceptors (Lipinski definition) is 2. The Balaban J connectivity index is 0.000000673. The third-order valence-corrected chi connectivity index (χ3v) is 2.24. The van der Waals surface area contributed by atoms with Gasteiger partial charge in [0.2, 0.25) is 0 Å². The number of rotatable bonds is 4. The van der Waals surface area contributed by atoms with E-state index in [1.165, 1.54) is 0 Å². The molecule has 0 atom stereocenters. The summed E-state index contributed by atoms with van der Waals surface area (Å²) >= 11 is 0. The SMILES string of the molecule is CCCc1cccc(CCC)c1O.O=CO. The molecule has 0 unspecified atom stereocenters. The van der Waals surface area contributed by atoms with Crippen LogP contribution < -0.4 is 0 Å². The second kappa shape index (κ2) is 8.77. The third kappa shape index (κ3) is 4.82. The maximum Gasteiger partial charge on any atom is 0.290 e. The van der Waals surface area contributed by atoms with Crippen molar-refractivity contribution in [1.82, 2.24) is 0 Å². The standard InChI is InChI=1S/C12H18O.CH2O2/c1-3-6-10-8-5-9-11(7-4-2)12(10)13;2-1-3/h5,8-9,13H,3-4,6-7H2,1-2H3;1H,(H,2,3). The monoisotopic (exact) mass is 224 g/mol. The Morgan fingerprint density at radius 3 is 1.81 bits per heavy atom. The predicted octanol–water partition coefficient (Wildman–Crippen LogP) is 3.00. The predicted molar refractivity (Wildman–Crippen MR) is 64.8 cm³/mol. The van der Waals surface area contributed by atoms with Crippen molar-refractivity contribution >= 4 is 6.47 Å². The van der Waals surface area contributed by atoms with E-state index < -0.39 is 0 Å². The molecule has 0 aromatic heterocycles. The van der Waals surface area contributed by atoms with Crippen LogP contribution in [0.5, 0.6) is 5.75 Å². The van der Waals surface area contributed by atoms with Crippen LogP contribution in [-0.2, 0) is 17.6 Å². The first-order valence-corrected chi connectivity index (χ1v) is 5.58. The Labute approximate surface area is 96.7 Å². The van der Waals surface area contributed by atoms with Gasteiger partial charge in [-0.25, -0.2) is 0 Å². The lowest BCUT2D eigenvalue weighted by Crippen LogP contribution is -1.90. The van der Waals surface area contributed by atoms with Crippen molar-refractivity contribution in [3.05, 3.63) is 29.3 Å². The van der Waals surface area contributed by atoms with Gasteiger partial charge in [-0.2, -0.15) is 0 Å². The van der Waals surface area contributed by atoms with E-state index in [0.29, 0.717) is 5.75 Å². The Kier molecular flexibility index (Phi) is 7.94. The highest BCUT2D eigenvalue weighted by Crippen LogP contribution is 2.24. The highest BCUT2D eigenvalue weighted by atomic mass is 16.3. The number of phenols is 1. The first-order chi connectivity index (χ1) is 7.71. The van der Waals surface area contributed by atoms with E-state index in [1.807, 2.05) is 18.2 Å². The van der Waals surface area contributed by atoms with Crippen molar-refractivity contribution in [1.29, 1.82) is 0 Å². The molecule has 0 saturated heterocycles. The lowest BCUT2D eigenvalue weighted by molar-refractivity contribution is -0.122. The fourth-order valence-electron chi connectivity index (χ4n) is 1.59. The van der Waals surface area contributed by atoms with Gasteiger partial charge in [-0.05, 0) is 24.0 Å². The molecule has 0 aliphatic rings. The summed E-state index contributed by atoms with van der Waals surface area (Å²) in [7, 11) is 0. The van der Waals surface area contributed by atoms with Gasteiger partial charge in [-0.15, -0.1) is 0 Å². The smallest absolute Gasteiger partial charge is 0.290 e. The summed E-state index contributed by atoms with van der Waals surface area (Å²) in [5.74, 6) is 0.520. The number of hydrogen-bond donors (Lipinski definition) is 2. The molecule has 0 fully saturated rings. The summed E-state index contributed by atoms with van der Waals surface area (Å²) in [5, 5.41) is 16.7. The minimum atomic E-state index is -0.250. The molecule has 0 radical (unpaired) electrons. The summed E-state index contributed by atoms with van der Waals surface area (Å²) < 4.78 is 0. The van der Waals surface area contributed by atoms with Crippen molar-refractivity contribution in [2.45, 2.75) is 39.5 Å². The van der Waals surface area contributed by atoms with Crippen LogP contribution in [0.3, 0.4) is 0 Å². The van der Waals surface area contributed by atoms with Crippen LogP contribution in [0, 0.1) is 0 Å². The molecule has 0 heterocycles. The van der Waals surface area contributed by atoms with Gasteiger partial charge in [-0.3, -0.25) is 4.79 Å². The molecular weight excluding hydrogens is 204 g/mol. The van der Waals surface area contributed by atoms with Crippen LogP contribution in [0.4, 0.5) is 0 Å². The molecular formula is C13H20O3. The van der Waals surface area contributed by atoms with Crippen LogP contribution in [0.1, 0.15) is 37.8 Å². The van der Waals surface area contributed by atoms with Crippen LogP contribution in [0.2, 0.25) is 0 Å². The van der Waals surface area contributed by atoms with E-state index in [9.17, 15) is 5.11 Å². The van der Waals surface area contributed by atoms with Gasteiger partial charge >= 0.3 is 0 Å². The normalized spacial score (nSPS) is 9.12. The Hall–Kier alpha value is -1.51. The van der Waals surface area contributed by atoms with Crippen molar-refractivity contribution in [2.75, 3.05) is 0 Å². The van der Waals surface area contributed by atoms with Crippen LogP contribution in [-0.4, -0.2) is 16.7 Å². The fraction of sp³-hybridized carbons (Fsp3) is 0.462. The second-order valence-corrected chi connectivity index (χ2v) is 3.53. The maximum atomic E-state index is 9.85. The number of phenolic OH excluding ortho intramolecular Hbond substituents is 1. The Bertz CT molecular complexity index is 284. The van der Waals surface area contributed by atoms with E-state index in [0.717, 1.165) is 36.8 Å². The first kappa shape index (κ1) is 14.5. The number of benzene rings is 1. The fourth-order valence-corrected chi connectivity index (χ4v) is 1.59. The zero-order chi connectivity index (χ0) is 12.4. The summed E-state index contributed by atoms with van der Waals surface area (Å²) in [5.41, 5.74) is 2.18. The molecule has 3 nitrogen and oxygen atoms in total. The molecule has 0 spiro atoms. The highest BCUT2D eigenvalue weighted by Gasteiger charge is 2.04. The molecule has 90 valence electrons. The van der Waals surface area contributed by atoms with E-state index >= 15 is 0 Å². The highest BCUT2D eigenvalue weighted by molar-refractivity contribution is 5.40. The topological polar surface area (TPSA) is 57.5 Å². The maximum absolute atomic E-state index is 9.85. The summed E-state index contributed by atoms with van der Waals surface area (Å²) in [6.07, 6.45) is 4.12. The molecule has 0 amide bonds. The average Bonchev–Trinajstić information content (AvgIpc) is 2.26. The van der Waals surface area contributed by atoms with Crippen molar-refractivity contribution in [2.24, 2.45) is 0 Å². The summed E-state index contributed by atoms with van der Waals surface area (Å²) in [4.78, 5) is 8.36. The van der Waals surface area contributed by atoms with Gasteiger partial charge < -0.3 is 10.2 Å². The zero-order valence-electron chi connectivity index (χ0n) is 9.94. The molecule has 3 heteroatoms. The third-order valence-electron chi connectivity index (χ3n) is 2.24. The van der Waals surface area contributed by atoms with Crippen LogP contribution in [0.25, 0.3) is 0 Å². The van der Waals surface area contributed by atoms with Gasteiger partial charge in [0, 0.05) is 0 Å². The number of carbonyl (C=O) groups is 1. The molecule has 0 bridgehead atoms. The number of aryl methyl sites for hydroxylation is 2. The van der Waals surface area contributed by atoms with Gasteiger partial charge in [0.15, 0.2) is 0 Å². The molecule has 2 N–H and O–H groups in total. The molecule has 1 rings (SSSR count). The van der Waals surface area contributed by atoms with E-state index in [4.69, 9.17) is 9.90 Å². The van der Waals surface area contributed by atoms with E-state index in [1.54, 1.807) is 0 Å². The van der Waals surface area contributed by atoms with Crippen molar-refractivity contribution in [3.63, 3.8) is 0 Å². The minimum Gasteiger partial charge on any atom is -0.507 e. The zero-order valence-corrected chi connectivity index (χ0v) is 9.94. The number of aromatic hydroxyl groups is 1. The minimum absolute atomic E-state index is 0.250. The lowest BCUT2D eigenvalue weighted by atomic mass is 10.0. The largest absolute Gasteiger partial charge is 0.507 e. The number of para-hydroxylation sites is 1. The van der Waals surface area contributed by atoms with Gasteiger partial charge in [0.05, 0.1) is 0 Å². The molecule has 16 heavy (non-hydrogen) atoms. The Morgan fingerprint density at radius 2 is 1.50 bits per heavy atom. The number of carboxylic acid groups (broad SMARTS) is 1. The molecule has 1 aromatic carbocycles. The van der Waals surface area contributed by atoms with Crippen LogP contribution >= 0.6 is 0 Å². The average molecular weight is 224 g/mol.